The standard InChI is InChI=1S/C46H62/c1-29-23-32(43(2,3)4)24-39(29)46(11,12)42-37-25-33(30-19-15-13-16-20-30)40(44(5,6)7)27-35(37)36-28-41(45(8,9)10)34(26-38(36)42)31-21-17-14-18-22-31/h13-22,25-29,32,35-39,42H,23-24H2,1-12H3. The second kappa shape index (κ2) is 11.5. The number of hydrogen-bond donors (Lipinski definition) is 0. The average molecular weight is 615 g/mol. The Morgan fingerprint density at radius 2 is 0.913 bits per heavy atom. The maximum atomic E-state index is 2.78. The van der Waals surface area contributed by atoms with Crippen LogP contribution in [0.25, 0.3) is 11.1 Å². The molecule has 0 aromatic heterocycles. The Morgan fingerprint density at radius 1 is 0.500 bits per heavy atom. The molecule has 246 valence electrons. The molecule has 46 heavy (non-hydrogen) atoms. The minimum Gasteiger partial charge on any atom is -0.0758 e. The molecule has 4 aliphatic rings. The van der Waals surface area contributed by atoms with E-state index in [1.807, 2.05) is 0 Å². The first-order valence-corrected chi connectivity index (χ1v) is 18.4. The van der Waals surface area contributed by atoms with E-state index in [2.05, 4.69) is 168 Å². The van der Waals surface area contributed by atoms with Crippen LogP contribution in [-0.2, 0) is 0 Å². The van der Waals surface area contributed by atoms with E-state index < -0.39 is 0 Å². The number of allylic oxidation sites excluding steroid dienone is 8. The van der Waals surface area contributed by atoms with E-state index in [9.17, 15) is 0 Å². The highest BCUT2D eigenvalue weighted by molar-refractivity contribution is 5.84. The fourth-order valence-electron chi connectivity index (χ4n) is 10.5. The summed E-state index contributed by atoms with van der Waals surface area (Å²) in [4.78, 5) is 0. The number of fused-ring (bicyclic) bond motifs is 3. The molecule has 2 aromatic rings. The van der Waals surface area contributed by atoms with Crippen molar-refractivity contribution in [2.75, 3.05) is 0 Å². The van der Waals surface area contributed by atoms with Crippen LogP contribution in [0.5, 0.6) is 0 Å². The van der Waals surface area contributed by atoms with Gasteiger partial charge in [0.05, 0.1) is 0 Å². The molecule has 7 unspecified atom stereocenters. The van der Waals surface area contributed by atoms with Crippen LogP contribution in [0.2, 0.25) is 0 Å². The molecule has 0 heterocycles. The number of hydrogen-bond acceptors (Lipinski definition) is 0. The van der Waals surface area contributed by atoms with Gasteiger partial charge >= 0.3 is 0 Å². The summed E-state index contributed by atoms with van der Waals surface area (Å²) < 4.78 is 0. The Labute approximate surface area is 282 Å². The highest BCUT2D eigenvalue weighted by Crippen LogP contribution is 2.66. The Bertz CT molecular complexity index is 1440. The third-order valence-corrected chi connectivity index (χ3v) is 12.9. The van der Waals surface area contributed by atoms with Crippen LogP contribution in [0, 0.1) is 69.0 Å². The Kier molecular flexibility index (Phi) is 8.35. The zero-order valence-electron chi connectivity index (χ0n) is 31.1. The molecule has 6 rings (SSSR count). The van der Waals surface area contributed by atoms with E-state index in [4.69, 9.17) is 0 Å². The molecule has 2 aromatic carbocycles. The summed E-state index contributed by atoms with van der Waals surface area (Å²) in [5.74, 6) is 4.88. The average Bonchev–Trinajstić information content (AvgIpc) is 3.54. The van der Waals surface area contributed by atoms with Crippen LogP contribution in [0.3, 0.4) is 0 Å². The first-order chi connectivity index (χ1) is 21.4. The lowest BCUT2D eigenvalue weighted by Gasteiger charge is -2.46. The summed E-state index contributed by atoms with van der Waals surface area (Å²) in [5.41, 5.74) is 9.50. The molecule has 7 atom stereocenters. The van der Waals surface area contributed by atoms with Crippen molar-refractivity contribution in [3.63, 3.8) is 0 Å². The van der Waals surface area contributed by atoms with E-state index in [0.717, 1.165) is 17.8 Å². The van der Waals surface area contributed by atoms with Crippen molar-refractivity contribution in [3.8, 4) is 0 Å². The van der Waals surface area contributed by atoms with Crippen LogP contribution >= 0.6 is 0 Å². The number of benzene rings is 2. The Morgan fingerprint density at radius 3 is 1.26 bits per heavy atom. The fraction of sp³-hybridized carbons (Fsp3) is 0.565. The van der Waals surface area contributed by atoms with Crippen LogP contribution in [-0.4, -0.2) is 0 Å². The molecule has 0 radical (unpaired) electrons. The van der Waals surface area contributed by atoms with Crippen molar-refractivity contribution < 1.29 is 0 Å². The summed E-state index contributed by atoms with van der Waals surface area (Å²) in [6.45, 7) is 29.9. The summed E-state index contributed by atoms with van der Waals surface area (Å²) >= 11 is 0. The SMILES string of the molecule is CC1CC(C(C)(C)C)CC1C(C)(C)C1C2C=C(c3ccccc3)C(C(C)(C)C)=CC2C2C=C(C(C)(C)C)C(c3ccccc3)=CC21. The molecule has 2 saturated carbocycles. The van der Waals surface area contributed by atoms with Crippen LogP contribution < -0.4 is 0 Å². The van der Waals surface area contributed by atoms with Crippen molar-refractivity contribution in [2.24, 2.45) is 69.0 Å². The first-order valence-electron chi connectivity index (χ1n) is 18.4. The smallest absolute Gasteiger partial charge is 0.00919 e. The summed E-state index contributed by atoms with van der Waals surface area (Å²) in [6.07, 6.45) is 13.8. The van der Waals surface area contributed by atoms with E-state index >= 15 is 0 Å². The van der Waals surface area contributed by atoms with Gasteiger partial charge in [-0.2, -0.15) is 0 Å². The van der Waals surface area contributed by atoms with Crippen molar-refractivity contribution in [1.29, 1.82) is 0 Å². The van der Waals surface area contributed by atoms with Gasteiger partial charge in [0.2, 0.25) is 0 Å². The van der Waals surface area contributed by atoms with Gasteiger partial charge in [0.25, 0.3) is 0 Å². The first kappa shape index (κ1) is 33.3. The van der Waals surface area contributed by atoms with Gasteiger partial charge < -0.3 is 0 Å². The molecule has 0 saturated heterocycles. The highest BCUT2D eigenvalue weighted by Gasteiger charge is 2.58. The number of rotatable bonds is 4. The van der Waals surface area contributed by atoms with Crippen LogP contribution in [0.15, 0.2) is 96.1 Å². The van der Waals surface area contributed by atoms with Gasteiger partial charge in [-0.3, -0.25) is 0 Å². The monoisotopic (exact) mass is 614 g/mol. The van der Waals surface area contributed by atoms with Gasteiger partial charge in [-0.05, 0) is 115 Å². The summed E-state index contributed by atoms with van der Waals surface area (Å²) in [7, 11) is 0. The molecule has 0 N–H and O–H groups in total. The molecule has 2 fully saturated rings. The molecule has 4 aliphatic carbocycles. The maximum Gasteiger partial charge on any atom is -0.00919 e. The van der Waals surface area contributed by atoms with Crippen molar-refractivity contribution >= 4 is 11.1 Å². The second-order valence-electron chi connectivity index (χ2n) is 19.3. The van der Waals surface area contributed by atoms with Gasteiger partial charge in [-0.1, -0.05) is 168 Å². The van der Waals surface area contributed by atoms with Gasteiger partial charge in [-0.25, -0.2) is 0 Å². The van der Waals surface area contributed by atoms with E-state index in [1.165, 1.54) is 46.3 Å². The van der Waals surface area contributed by atoms with Crippen molar-refractivity contribution in [3.05, 3.63) is 107 Å². The molecule has 0 bridgehead atoms. The van der Waals surface area contributed by atoms with E-state index in [1.54, 1.807) is 0 Å². The predicted octanol–water partition coefficient (Wildman–Crippen LogP) is 13.0. The van der Waals surface area contributed by atoms with E-state index in [0.29, 0.717) is 35.0 Å². The van der Waals surface area contributed by atoms with Crippen LogP contribution in [0.1, 0.15) is 107 Å². The van der Waals surface area contributed by atoms with Gasteiger partial charge in [-0.15, -0.1) is 0 Å². The molecular weight excluding hydrogens is 553 g/mol. The molecule has 0 amide bonds. The molecule has 0 spiro atoms. The molecular formula is C46H62. The maximum absolute atomic E-state index is 2.78. The van der Waals surface area contributed by atoms with Gasteiger partial charge in [0.1, 0.15) is 0 Å². The predicted molar refractivity (Wildman–Crippen MR) is 200 cm³/mol. The quantitative estimate of drug-likeness (QED) is 0.321. The lowest BCUT2D eigenvalue weighted by Crippen LogP contribution is -2.40. The largest absolute Gasteiger partial charge is 0.0758 e. The van der Waals surface area contributed by atoms with Crippen LogP contribution in [0.4, 0.5) is 0 Å². The van der Waals surface area contributed by atoms with Gasteiger partial charge in [0, 0.05) is 0 Å². The molecule has 0 heteroatoms. The normalized spacial score (nSPS) is 31.8. The molecule has 0 nitrogen and oxygen atoms in total. The zero-order valence-corrected chi connectivity index (χ0v) is 31.1. The third-order valence-electron chi connectivity index (χ3n) is 12.9. The summed E-state index contributed by atoms with van der Waals surface area (Å²) in [5, 5.41) is 0. The lowest BCUT2D eigenvalue weighted by molar-refractivity contribution is 0.0499. The topological polar surface area (TPSA) is 0 Å². The minimum absolute atomic E-state index is 0.0753. The fourth-order valence-corrected chi connectivity index (χ4v) is 10.5. The van der Waals surface area contributed by atoms with Crippen molar-refractivity contribution in [2.45, 2.75) is 95.9 Å². The van der Waals surface area contributed by atoms with E-state index in [-0.39, 0.29) is 16.2 Å². The summed E-state index contributed by atoms with van der Waals surface area (Å²) in [6, 6.07) is 22.6. The Hall–Kier alpha value is -2.60. The Balaban J connectivity index is 1.56. The van der Waals surface area contributed by atoms with Gasteiger partial charge in [0.15, 0.2) is 0 Å². The second-order valence-corrected chi connectivity index (χ2v) is 19.3. The highest BCUT2D eigenvalue weighted by atomic mass is 14.6. The zero-order chi connectivity index (χ0) is 33.4. The molecule has 0 aliphatic heterocycles. The third kappa shape index (κ3) is 5.86. The minimum atomic E-state index is 0.0753. The van der Waals surface area contributed by atoms with Crippen molar-refractivity contribution in [1.82, 2.24) is 0 Å². The lowest BCUT2D eigenvalue weighted by atomic mass is 9.58.